The Kier molecular flexibility index (Phi) is 5.86. The van der Waals surface area contributed by atoms with E-state index in [0.717, 1.165) is 48.2 Å². The van der Waals surface area contributed by atoms with E-state index in [9.17, 15) is 4.79 Å². The molecule has 0 spiro atoms. The molecule has 0 amide bonds. The summed E-state index contributed by atoms with van der Waals surface area (Å²) in [5.41, 5.74) is 4.02. The number of hydrogen-bond donors (Lipinski definition) is 0. The Morgan fingerprint density at radius 1 is 1.06 bits per heavy atom. The van der Waals surface area contributed by atoms with Crippen LogP contribution in [0.15, 0.2) is 53.3 Å². The van der Waals surface area contributed by atoms with Crippen molar-refractivity contribution >= 4 is 0 Å². The molecular weight excluding hydrogens is 430 g/mol. The standard InChI is InChI=1S/C28H31NO5/c1-5-6-10-13-28-17-19-15-22(31-3)23(32-4)16-21(19)26(34-28)25-24(33-28)14-18(2)29(27(25)30)20-11-8-7-9-12-20/h7-9,11-12,14-16,26H,5-6,10,13,17H2,1-4H3/t26-,28+/m0/s1. The zero-order valence-corrected chi connectivity index (χ0v) is 20.2. The maximum atomic E-state index is 13.9. The number of rotatable bonds is 7. The molecule has 0 aliphatic carbocycles. The smallest absolute Gasteiger partial charge is 0.265 e. The highest BCUT2D eigenvalue weighted by atomic mass is 16.7. The SMILES string of the molecule is CCCCC[C@]12Cc3cc(OC)c(OC)cc3[C@H](O1)c1c(cc(C)n(-c3ccccc3)c1=O)O2. The first kappa shape index (κ1) is 22.5. The maximum absolute atomic E-state index is 13.9. The van der Waals surface area contributed by atoms with Crippen LogP contribution in [0.3, 0.4) is 0 Å². The second-order valence-electron chi connectivity index (χ2n) is 9.09. The average molecular weight is 462 g/mol. The van der Waals surface area contributed by atoms with Crippen LogP contribution in [-0.2, 0) is 11.2 Å². The zero-order valence-electron chi connectivity index (χ0n) is 20.2. The molecule has 1 aromatic heterocycles. The Bertz CT molecular complexity index is 1270. The van der Waals surface area contributed by atoms with E-state index in [0.29, 0.717) is 29.2 Å². The van der Waals surface area contributed by atoms with Crippen molar-refractivity contribution in [1.29, 1.82) is 0 Å². The van der Waals surface area contributed by atoms with Gasteiger partial charge in [0.15, 0.2) is 11.5 Å². The summed E-state index contributed by atoms with van der Waals surface area (Å²) in [4.78, 5) is 13.9. The number of ether oxygens (including phenoxy) is 4. The molecule has 178 valence electrons. The molecule has 3 heterocycles. The fraction of sp³-hybridized carbons (Fsp3) is 0.393. The molecule has 0 unspecified atom stereocenters. The minimum absolute atomic E-state index is 0.129. The van der Waals surface area contributed by atoms with Crippen LogP contribution >= 0.6 is 0 Å². The van der Waals surface area contributed by atoms with Crippen molar-refractivity contribution in [2.24, 2.45) is 0 Å². The number of benzene rings is 2. The predicted molar refractivity (Wildman–Crippen MR) is 130 cm³/mol. The lowest BCUT2D eigenvalue weighted by atomic mass is 9.85. The van der Waals surface area contributed by atoms with Gasteiger partial charge in [0.05, 0.1) is 19.8 Å². The van der Waals surface area contributed by atoms with E-state index < -0.39 is 11.9 Å². The van der Waals surface area contributed by atoms with E-state index in [4.69, 9.17) is 18.9 Å². The van der Waals surface area contributed by atoms with Crippen molar-refractivity contribution < 1.29 is 18.9 Å². The van der Waals surface area contributed by atoms with Crippen LogP contribution < -0.4 is 19.8 Å². The van der Waals surface area contributed by atoms with Gasteiger partial charge in [-0.15, -0.1) is 0 Å². The first-order valence-electron chi connectivity index (χ1n) is 11.9. The van der Waals surface area contributed by atoms with Gasteiger partial charge in [-0.3, -0.25) is 9.36 Å². The van der Waals surface area contributed by atoms with Gasteiger partial charge < -0.3 is 18.9 Å². The van der Waals surface area contributed by atoms with Crippen LogP contribution in [0.25, 0.3) is 5.69 Å². The molecule has 2 aromatic carbocycles. The largest absolute Gasteiger partial charge is 0.493 e. The lowest BCUT2D eigenvalue weighted by Gasteiger charge is -2.46. The zero-order chi connectivity index (χ0) is 23.9. The molecule has 5 rings (SSSR count). The first-order valence-corrected chi connectivity index (χ1v) is 11.9. The predicted octanol–water partition coefficient (Wildman–Crippen LogP) is 5.49. The maximum Gasteiger partial charge on any atom is 0.265 e. The van der Waals surface area contributed by atoms with Gasteiger partial charge in [-0.1, -0.05) is 38.0 Å². The molecule has 0 saturated heterocycles. The Morgan fingerprint density at radius 3 is 2.50 bits per heavy atom. The average Bonchev–Trinajstić information content (AvgIpc) is 2.83. The Morgan fingerprint density at radius 2 is 1.79 bits per heavy atom. The van der Waals surface area contributed by atoms with Crippen LogP contribution in [0.2, 0.25) is 0 Å². The van der Waals surface area contributed by atoms with Crippen molar-refractivity contribution in [3.8, 4) is 22.9 Å². The molecule has 6 heteroatoms. The summed E-state index contributed by atoms with van der Waals surface area (Å²) in [5, 5.41) is 0. The molecule has 0 N–H and O–H groups in total. The quantitative estimate of drug-likeness (QED) is 0.435. The Balaban J connectivity index is 1.72. The van der Waals surface area contributed by atoms with Gasteiger partial charge in [0.2, 0.25) is 5.79 Å². The monoisotopic (exact) mass is 461 g/mol. The van der Waals surface area contributed by atoms with Crippen LogP contribution in [0, 0.1) is 6.92 Å². The van der Waals surface area contributed by atoms with E-state index in [2.05, 4.69) is 6.92 Å². The summed E-state index contributed by atoms with van der Waals surface area (Å²) in [5.74, 6) is 1.09. The van der Waals surface area contributed by atoms with E-state index in [1.807, 2.05) is 55.5 Å². The number of pyridine rings is 1. The summed E-state index contributed by atoms with van der Waals surface area (Å²) in [7, 11) is 3.25. The highest BCUT2D eigenvalue weighted by molar-refractivity contribution is 5.55. The van der Waals surface area contributed by atoms with Gasteiger partial charge >= 0.3 is 0 Å². The number of aromatic nitrogens is 1. The van der Waals surface area contributed by atoms with Crippen molar-refractivity contribution in [2.75, 3.05) is 14.2 Å². The topological polar surface area (TPSA) is 58.9 Å². The lowest BCUT2D eigenvalue weighted by molar-refractivity contribution is -0.233. The van der Waals surface area contributed by atoms with Gasteiger partial charge in [0.1, 0.15) is 11.9 Å². The molecular formula is C28H31NO5. The third kappa shape index (κ3) is 3.66. The number of para-hydroxylation sites is 1. The molecule has 3 aromatic rings. The summed E-state index contributed by atoms with van der Waals surface area (Å²) in [6, 6.07) is 15.6. The van der Waals surface area contributed by atoms with Gasteiger partial charge in [-0.2, -0.15) is 0 Å². The van der Waals surface area contributed by atoms with Gasteiger partial charge in [-0.25, -0.2) is 0 Å². The molecule has 2 bridgehead atoms. The summed E-state index contributed by atoms with van der Waals surface area (Å²) in [6.07, 6.45) is 3.99. The van der Waals surface area contributed by atoms with Gasteiger partial charge in [-0.05, 0) is 48.7 Å². The van der Waals surface area contributed by atoms with Crippen LogP contribution in [0.1, 0.15) is 61.1 Å². The van der Waals surface area contributed by atoms with E-state index >= 15 is 0 Å². The van der Waals surface area contributed by atoms with Crippen molar-refractivity contribution in [2.45, 2.75) is 57.8 Å². The van der Waals surface area contributed by atoms with Crippen LogP contribution in [-0.4, -0.2) is 24.6 Å². The highest BCUT2D eigenvalue weighted by Gasteiger charge is 2.49. The summed E-state index contributed by atoms with van der Waals surface area (Å²) in [6.45, 7) is 4.12. The van der Waals surface area contributed by atoms with Crippen molar-refractivity contribution in [3.05, 3.63) is 81.3 Å². The number of unbranched alkanes of at least 4 members (excludes halogenated alkanes) is 2. The third-order valence-corrected chi connectivity index (χ3v) is 6.85. The summed E-state index contributed by atoms with van der Waals surface area (Å²) >= 11 is 0. The first-order chi connectivity index (χ1) is 16.5. The second-order valence-corrected chi connectivity index (χ2v) is 9.09. The van der Waals surface area contributed by atoms with Crippen molar-refractivity contribution in [3.63, 3.8) is 0 Å². The van der Waals surface area contributed by atoms with Crippen molar-refractivity contribution in [1.82, 2.24) is 4.57 Å². The molecule has 6 nitrogen and oxygen atoms in total. The molecule has 2 atom stereocenters. The van der Waals surface area contributed by atoms with Gasteiger partial charge in [0.25, 0.3) is 5.56 Å². The number of aryl methyl sites for hydroxylation is 1. The minimum atomic E-state index is -0.808. The van der Waals surface area contributed by atoms with Gasteiger partial charge in [0, 0.05) is 30.3 Å². The van der Waals surface area contributed by atoms with E-state index in [-0.39, 0.29) is 5.56 Å². The number of fused-ring (bicyclic) bond motifs is 6. The molecule has 2 aliphatic rings. The summed E-state index contributed by atoms with van der Waals surface area (Å²) < 4.78 is 26.1. The van der Waals surface area contributed by atoms with Crippen LogP contribution in [0.4, 0.5) is 0 Å². The Hall–Kier alpha value is -3.25. The number of nitrogens with zero attached hydrogens (tertiary/aromatic N) is 1. The molecule has 34 heavy (non-hydrogen) atoms. The van der Waals surface area contributed by atoms with E-state index in [1.165, 1.54) is 0 Å². The molecule has 0 saturated carbocycles. The molecule has 0 radical (unpaired) electrons. The number of hydrogen-bond acceptors (Lipinski definition) is 5. The number of methoxy groups -OCH3 is 2. The fourth-order valence-corrected chi connectivity index (χ4v) is 5.20. The third-order valence-electron chi connectivity index (χ3n) is 6.85. The molecule has 0 fully saturated rings. The van der Waals surface area contributed by atoms with E-state index in [1.54, 1.807) is 18.8 Å². The normalized spacial score (nSPS) is 20.2. The second kappa shape index (κ2) is 8.84. The molecule has 2 aliphatic heterocycles. The fourth-order valence-electron chi connectivity index (χ4n) is 5.20. The highest BCUT2D eigenvalue weighted by Crippen LogP contribution is 2.51. The van der Waals surface area contributed by atoms with Crippen LogP contribution in [0.5, 0.6) is 17.2 Å². The minimum Gasteiger partial charge on any atom is -0.493 e. The Labute approximate surface area is 200 Å². The lowest BCUT2D eigenvalue weighted by Crippen LogP contribution is -2.50.